The van der Waals surface area contributed by atoms with Gasteiger partial charge in [-0.3, -0.25) is 18.6 Å². The van der Waals surface area contributed by atoms with Gasteiger partial charge in [0.2, 0.25) is 11.7 Å². The van der Waals surface area contributed by atoms with Gasteiger partial charge in [0, 0.05) is 6.04 Å². The maximum absolute atomic E-state index is 13.3. The van der Waals surface area contributed by atoms with Crippen LogP contribution in [0.3, 0.4) is 0 Å². The molecular formula is C22H22FN5O2S2. The molecule has 32 heavy (non-hydrogen) atoms. The number of rotatable bonds is 6. The van der Waals surface area contributed by atoms with Crippen molar-refractivity contribution in [2.75, 3.05) is 5.75 Å². The monoisotopic (exact) mass is 471 g/mol. The van der Waals surface area contributed by atoms with Crippen LogP contribution in [0.5, 0.6) is 0 Å². The van der Waals surface area contributed by atoms with Crippen molar-refractivity contribution in [1.82, 2.24) is 24.5 Å². The molecule has 0 unspecified atom stereocenters. The Bertz CT molecular complexity index is 1320. The van der Waals surface area contributed by atoms with Crippen molar-refractivity contribution in [2.24, 2.45) is 0 Å². The minimum absolute atomic E-state index is 0.0140. The molecule has 0 atom stereocenters. The van der Waals surface area contributed by atoms with E-state index in [-0.39, 0.29) is 35.6 Å². The quantitative estimate of drug-likeness (QED) is 0.432. The number of halogens is 1. The summed E-state index contributed by atoms with van der Waals surface area (Å²) in [6.45, 7) is 0.251. The van der Waals surface area contributed by atoms with Crippen molar-refractivity contribution in [3.05, 3.63) is 57.4 Å². The lowest BCUT2D eigenvalue weighted by molar-refractivity contribution is -0.119. The summed E-state index contributed by atoms with van der Waals surface area (Å²) in [6.07, 6.45) is 5.64. The van der Waals surface area contributed by atoms with Crippen molar-refractivity contribution < 1.29 is 9.18 Å². The highest BCUT2D eigenvalue weighted by Crippen LogP contribution is 2.25. The Hall–Kier alpha value is -2.72. The Morgan fingerprint density at radius 2 is 1.94 bits per heavy atom. The van der Waals surface area contributed by atoms with Crippen molar-refractivity contribution in [1.29, 1.82) is 0 Å². The number of thiophene rings is 1. The smallest absolute Gasteiger partial charge is 0.273 e. The molecule has 1 aliphatic rings. The van der Waals surface area contributed by atoms with Gasteiger partial charge in [-0.1, -0.05) is 43.2 Å². The summed E-state index contributed by atoms with van der Waals surface area (Å²) >= 11 is 2.67. The van der Waals surface area contributed by atoms with Gasteiger partial charge < -0.3 is 5.32 Å². The molecule has 1 N–H and O–H groups in total. The summed E-state index contributed by atoms with van der Waals surface area (Å²) < 4.78 is 17.3. The van der Waals surface area contributed by atoms with Crippen LogP contribution in [0, 0.1) is 5.82 Å². The lowest BCUT2D eigenvalue weighted by atomic mass is 9.95. The van der Waals surface area contributed by atoms with E-state index >= 15 is 0 Å². The van der Waals surface area contributed by atoms with Crippen molar-refractivity contribution in [3.63, 3.8) is 0 Å². The van der Waals surface area contributed by atoms with Gasteiger partial charge in [0.1, 0.15) is 10.5 Å². The Kier molecular flexibility index (Phi) is 5.97. The molecule has 166 valence electrons. The van der Waals surface area contributed by atoms with E-state index in [1.807, 2.05) is 15.8 Å². The zero-order chi connectivity index (χ0) is 22.1. The van der Waals surface area contributed by atoms with Gasteiger partial charge in [-0.25, -0.2) is 4.39 Å². The number of nitrogens with zero attached hydrogens (tertiary/aromatic N) is 4. The third-order valence-corrected chi connectivity index (χ3v) is 7.56. The van der Waals surface area contributed by atoms with Crippen LogP contribution < -0.4 is 10.9 Å². The lowest BCUT2D eigenvalue weighted by Crippen LogP contribution is -2.37. The fourth-order valence-electron chi connectivity index (χ4n) is 4.15. The second-order valence-electron chi connectivity index (χ2n) is 7.96. The van der Waals surface area contributed by atoms with Crippen LogP contribution in [-0.4, -0.2) is 36.9 Å². The first-order chi connectivity index (χ1) is 15.6. The maximum Gasteiger partial charge on any atom is 0.273 e. The minimum Gasteiger partial charge on any atom is -0.353 e. The van der Waals surface area contributed by atoms with E-state index in [0.29, 0.717) is 15.6 Å². The summed E-state index contributed by atoms with van der Waals surface area (Å²) in [5, 5.41) is 14.1. The van der Waals surface area contributed by atoms with Gasteiger partial charge in [0.25, 0.3) is 5.56 Å². The Labute approximate surface area is 191 Å². The van der Waals surface area contributed by atoms with Crippen LogP contribution >= 0.6 is 23.1 Å². The second kappa shape index (κ2) is 9.03. The van der Waals surface area contributed by atoms with Crippen LogP contribution in [0.1, 0.15) is 37.7 Å². The first kappa shape index (κ1) is 21.1. The molecule has 5 rings (SSSR count). The minimum atomic E-state index is -0.326. The van der Waals surface area contributed by atoms with E-state index in [2.05, 4.69) is 15.5 Å². The molecule has 1 fully saturated rings. The SMILES string of the molecule is O=C(CSc1nnc2n(Cc3ccc(F)cc3)c(=O)c3sccc3n12)NC1CCCCC1. The Morgan fingerprint density at radius 3 is 2.72 bits per heavy atom. The zero-order valence-corrected chi connectivity index (χ0v) is 18.9. The van der Waals surface area contributed by atoms with Crippen LogP contribution in [0.2, 0.25) is 0 Å². The van der Waals surface area contributed by atoms with E-state index in [9.17, 15) is 14.0 Å². The molecule has 10 heteroatoms. The van der Waals surface area contributed by atoms with Crippen LogP contribution in [0.15, 0.2) is 45.7 Å². The Morgan fingerprint density at radius 1 is 1.16 bits per heavy atom. The van der Waals surface area contributed by atoms with E-state index in [1.165, 1.54) is 41.7 Å². The van der Waals surface area contributed by atoms with E-state index < -0.39 is 0 Å². The predicted molar refractivity (Wildman–Crippen MR) is 124 cm³/mol. The van der Waals surface area contributed by atoms with Crippen LogP contribution in [0.25, 0.3) is 16.0 Å². The van der Waals surface area contributed by atoms with Crippen molar-refractivity contribution >= 4 is 45.0 Å². The zero-order valence-electron chi connectivity index (χ0n) is 17.3. The Balaban J connectivity index is 1.44. The van der Waals surface area contributed by atoms with Crippen LogP contribution in [-0.2, 0) is 11.3 Å². The molecule has 4 aromatic rings. The molecule has 1 aromatic carbocycles. The number of aromatic nitrogens is 4. The molecule has 0 saturated heterocycles. The van der Waals surface area contributed by atoms with Gasteiger partial charge in [-0.2, -0.15) is 0 Å². The molecule has 7 nitrogen and oxygen atoms in total. The third-order valence-electron chi connectivity index (χ3n) is 5.74. The van der Waals surface area contributed by atoms with Gasteiger partial charge in [-0.05, 0) is 42.0 Å². The fraction of sp³-hybridized carbons (Fsp3) is 0.364. The molecule has 1 saturated carbocycles. The molecule has 0 radical (unpaired) electrons. The van der Waals surface area contributed by atoms with E-state index in [0.717, 1.165) is 36.8 Å². The topological polar surface area (TPSA) is 81.3 Å². The highest BCUT2D eigenvalue weighted by Gasteiger charge is 2.20. The first-order valence-electron chi connectivity index (χ1n) is 10.6. The number of amides is 1. The van der Waals surface area contributed by atoms with E-state index in [1.54, 1.807) is 16.7 Å². The fourth-order valence-corrected chi connectivity index (χ4v) is 5.73. The molecule has 3 heterocycles. The standard InChI is InChI=1S/C22H22FN5O2S2/c23-15-8-6-14(7-9-15)12-27-20(30)19-17(10-11-31-19)28-21(27)25-26-22(28)32-13-18(29)24-16-4-2-1-3-5-16/h6-11,16H,1-5,12-13H2,(H,24,29). The summed E-state index contributed by atoms with van der Waals surface area (Å²) in [5.74, 6) is 0.299. The molecule has 0 bridgehead atoms. The van der Waals surface area contributed by atoms with Gasteiger partial charge >= 0.3 is 0 Å². The number of thioether (sulfide) groups is 1. The number of hydrogen-bond acceptors (Lipinski definition) is 6. The summed E-state index contributed by atoms with van der Waals surface area (Å²) in [7, 11) is 0. The number of nitrogens with one attached hydrogen (secondary N) is 1. The maximum atomic E-state index is 13.3. The number of benzene rings is 1. The number of fused-ring (bicyclic) bond motifs is 3. The number of hydrogen-bond donors (Lipinski definition) is 1. The highest BCUT2D eigenvalue weighted by molar-refractivity contribution is 7.99. The average Bonchev–Trinajstić information content (AvgIpc) is 3.44. The van der Waals surface area contributed by atoms with Gasteiger partial charge in [0.05, 0.1) is 17.8 Å². The van der Waals surface area contributed by atoms with Gasteiger partial charge in [-0.15, -0.1) is 21.5 Å². The predicted octanol–water partition coefficient (Wildman–Crippen LogP) is 3.83. The molecule has 1 aliphatic carbocycles. The van der Waals surface area contributed by atoms with Crippen molar-refractivity contribution in [2.45, 2.75) is 49.8 Å². The second-order valence-corrected chi connectivity index (χ2v) is 9.82. The number of carbonyl (C=O) groups excluding carboxylic acids is 1. The average molecular weight is 472 g/mol. The summed E-state index contributed by atoms with van der Waals surface area (Å²) in [5.41, 5.74) is 1.35. The number of carbonyl (C=O) groups is 1. The lowest BCUT2D eigenvalue weighted by Gasteiger charge is -2.22. The van der Waals surface area contributed by atoms with Crippen LogP contribution in [0.4, 0.5) is 4.39 Å². The van der Waals surface area contributed by atoms with E-state index in [4.69, 9.17) is 0 Å². The molecular weight excluding hydrogens is 449 g/mol. The highest BCUT2D eigenvalue weighted by atomic mass is 32.2. The van der Waals surface area contributed by atoms with Crippen molar-refractivity contribution in [3.8, 4) is 0 Å². The summed E-state index contributed by atoms with van der Waals surface area (Å²) in [4.78, 5) is 25.6. The molecule has 3 aromatic heterocycles. The normalized spacial score (nSPS) is 14.9. The molecule has 1 amide bonds. The van der Waals surface area contributed by atoms with Gasteiger partial charge in [0.15, 0.2) is 5.16 Å². The molecule has 0 aliphatic heterocycles. The first-order valence-corrected chi connectivity index (χ1v) is 12.5. The largest absolute Gasteiger partial charge is 0.353 e. The summed E-state index contributed by atoms with van der Waals surface area (Å²) in [6, 6.07) is 8.18. The third kappa shape index (κ3) is 4.16. The molecule has 0 spiro atoms.